The maximum atomic E-state index is 12.4. The van der Waals surface area contributed by atoms with E-state index >= 15 is 0 Å². The Kier molecular flexibility index (Phi) is 5.80. The Labute approximate surface area is 147 Å². The molecular weight excluding hydrogens is 344 g/mol. The van der Waals surface area contributed by atoms with E-state index in [1.54, 1.807) is 29.6 Å². The zero-order valence-corrected chi connectivity index (χ0v) is 13.9. The first kappa shape index (κ1) is 18.1. The minimum Gasteiger partial charge on any atom is -0.478 e. The van der Waals surface area contributed by atoms with E-state index < -0.39 is 17.8 Å². The van der Waals surface area contributed by atoms with Gasteiger partial charge in [0.05, 0.1) is 5.56 Å². The molecule has 2 aromatic rings. The number of ketones is 1. The van der Waals surface area contributed by atoms with Gasteiger partial charge in [-0.25, -0.2) is 4.79 Å². The number of amides is 2. The monoisotopic (exact) mass is 358 g/mol. The van der Waals surface area contributed by atoms with Crippen molar-refractivity contribution in [3.63, 3.8) is 0 Å². The number of nitrogens with one attached hydrogen (secondary N) is 2. The summed E-state index contributed by atoms with van der Waals surface area (Å²) >= 11 is 1.13. The minimum absolute atomic E-state index is 0.121. The lowest BCUT2D eigenvalue weighted by atomic mass is 10.1. The van der Waals surface area contributed by atoms with Crippen LogP contribution < -0.4 is 10.6 Å². The number of anilines is 2. The third-order valence-electron chi connectivity index (χ3n) is 3.05. The Morgan fingerprint density at radius 3 is 2.52 bits per heavy atom. The van der Waals surface area contributed by atoms with Crippen molar-refractivity contribution in [2.45, 2.75) is 6.92 Å². The van der Waals surface area contributed by atoms with Crippen LogP contribution in [-0.4, -0.2) is 28.7 Å². The molecule has 0 atom stereocenters. The standard InChI is InChI=1S/C17H14N2O5S/c1-10(20)11-3-2-4-12(9-11)18-16(24)13-7-8-25-17(13)19-14(21)5-6-15(22)23/h2-9H,1H3,(H,18,24)(H,19,21)(H,22,23). The zero-order valence-electron chi connectivity index (χ0n) is 13.1. The van der Waals surface area contributed by atoms with Crippen LogP contribution in [0.3, 0.4) is 0 Å². The molecule has 0 spiro atoms. The topological polar surface area (TPSA) is 113 Å². The van der Waals surface area contributed by atoms with E-state index in [0.29, 0.717) is 22.3 Å². The molecule has 0 aliphatic heterocycles. The average molecular weight is 358 g/mol. The summed E-state index contributed by atoms with van der Waals surface area (Å²) in [6.07, 6.45) is 1.57. The van der Waals surface area contributed by atoms with E-state index in [0.717, 1.165) is 17.4 Å². The van der Waals surface area contributed by atoms with Gasteiger partial charge in [0, 0.05) is 23.4 Å². The second-order valence-corrected chi connectivity index (χ2v) is 5.83. The number of aliphatic carboxylic acids is 1. The third kappa shape index (κ3) is 5.11. The summed E-state index contributed by atoms with van der Waals surface area (Å²) < 4.78 is 0. The molecule has 0 aliphatic rings. The SMILES string of the molecule is CC(=O)c1cccc(NC(=O)c2ccsc2NC(=O)C=CC(=O)O)c1. The molecule has 2 rings (SSSR count). The quantitative estimate of drug-likeness (QED) is 0.543. The molecule has 1 aromatic heterocycles. The summed E-state index contributed by atoms with van der Waals surface area (Å²) in [5.74, 6) is -2.48. The fourth-order valence-electron chi connectivity index (χ4n) is 1.90. The molecule has 7 nitrogen and oxygen atoms in total. The van der Waals surface area contributed by atoms with Gasteiger partial charge >= 0.3 is 5.97 Å². The Balaban J connectivity index is 2.12. The first-order valence-corrected chi connectivity index (χ1v) is 7.96. The van der Waals surface area contributed by atoms with Gasteiger partial charge in [-0.1, -0.05) is 12.1 Å². The molecule has 0 fully saturated rings. The predicted molar refractivity (Wildman–Crippen MR) is 94.1 cm³/mol. The Hall–Kier alpha value is -3.26. The number of hydrogen-bond donors (Lipinski definition) is 3. The first-order valence-electron chi connectivity index (χ1n) is 7.08. The van der Waals surface area contributed by atoms with Gasteiger partial charge in [0.1, 0.15) is 5.00 Å². The maximum Gasteiger partial charge on any atom is 0.328 e. The summed E-state index contributed by atoms with van der Waals surface area (Å²) in [4.78, 5) is 45.8. The number of carboxylic acid groups (broad SMARTS) is 1. The molecule has 2 amide bonds. The largest absolute Gasteiger partial charge is 0.478 e. The normalized spacial score (nSPS) is 10.4. The Morgan fingerprint density at radius 1 is 1.08 bits per heavy atom. The first-order chi connectivity index (χ1) is 11.9. The van der Waals surface area contributed by atoms with Crippen LogP contribution in [0.1, 0.15) is 27.6 Å². The van der Waals surface area contributed by atoms with Crippen LogP contribution in [0.4, 0.5) is 10.7 Å². The molecule has 0 unspecified atom stereocenters. The fourth-order valence-corrected chi connectivity index (χ4v) is 2.69. The van der Waals surface area contributed by atoms with Crippen LogP contribution >= 0.6 is 11.3 Å². The number of benzene rings is 1. The Morgan fingerprint density at radius 2 is 1.84 bits per heavy atom. The highest BCUT2D eigenvalue weighted by Crippen LogP contribution is 2.24. The average Bonchev–Trinajstić information content (AvgIpc) is 3.01. The van der Waals surface area contributed by atoms with Gasteiger partial charge in [-0.3, -0.25) is 14.4 Å². The van der Waals surface area contributed by atoms with Gasteiger partial charge in [-0.05, 0) is 30.5 Å². The van der Waals surface area contributed by atoms with Gasteiger partial charge in [0.15, 0.2) is 5.78 Å². The summed E-state index contributed by atoms with van der Waals surface area (Å²) in [6.45, 7) is 1.43. The van der Waals surface area contributed by atoms with Crippen LogP contribution in [0, 0.1) is 0 Å². The van der Waals surface area contributed by atoms with Crippen LogP contribution in [0.2, 0.25) is 0 Å². The van der Waals surface area contributed by atoms with Crippen LogP contribution in [0.15, 0.2) is 47.9 Å². The van der Waals surface area contributed by atoms with Crippen molar-refractivity contribution in [1.29, 1.82) is 0 Å². The van der Waals surface area contributed by atoms with Gasteiger partial charge in [-0.2, -0.15) is 0 Å². The fraction of sp³-hybridized carbons (Fsp3) is 0.0588. The third-order valence-corrected chi connectivity index (χ3v) is 3.88. The number of carboxylic acids is 1. The van der Waals surface area contributed by atoms with E-state index in [2.05, 4.69) is 10.6 Å². The summed E-state index contributed by atoms with van der Waals surface area (Å²) in [5.41, 5.74) is 1.15. The van der Waals surface area contributed by atoms with Gasteiger partial charge < -0.3 is 15.7 Å². The summed E-state index contributed by atoms with van der Waals surface area (Å²) in [6, 6.07) is 8.03. The molecular formula is C17H14N2O5S. The highest BCUT2D eigenvalue weighted by Gasteiger charge is 2.15. The smallest absolute Gasteiger partial charge is 0.328 e. The lowest BCUT2D eigenvalue weighted by Crippen LogP contribution is -2.15. The van der Waals surface area contributed by atoms with Crippen molar-refractivity contribution in [1.82, 2.24) is 0 Å². The van der Waals surface area contributed by atoms with Crippen molar-refractivity contribution < 1.29 is 24.3 Å². The van der Waals surface area contributed by atoms with Crippen molar-refractivity contribution in [2.24, 2.45) is 0 Å². The maximum absolute atomic E-state index is 12.4. The van der Waals surface area contributed by atoms with Crippen LogP contribution in [0.25, 0.3) is 0 Å². The number of thiophene rings is 1. The highest BCUT2D eigenvalue weighted by atomic mass is 32.1. The van der Waals surface area contributed by atoms with E-state index in [4.69, 9.17) is 5.11 Å². The number of Topliss-reactive ketones (excluding diaryl/α,β-unsaturated/α-hetero) is 1. The molecule has 0 saturated carbocycles. The van der Waals surface area contributed by atoms with Crippen molar-refractivity contribution in [3.8, 4) is 0 Å². The molecule has 8 heteroatoms. The van der Waals surface area contributed by atoms with Crippen molar-refractivity contribution >= 4 is 45.6 Å². The van der Waals surface area contributed by atoms with Crippen molar-refractivity contribution in [2.75, 3.05) is 10.6 Å². The van der Waals surface area contributed by atoms with Gasteiger partial charge in [-0.15, -0.1) is 11.3 Å². The van der Waals surface area contributed by atoms with Gasteiger partial charge in [0.2, 0.25) is 5.91 Å². The summed E-state index contributed by atoms with van der Waals surface area (Å²) in [7, 11) is 0. The van der Waals surface area contributed by atoms with Crippen molar-refractivity contribution in [3.05, 3.63) is 59.0 Å². The van der Waals surface area contributed by atoms with E-state index in [1.807, 2.05) is 0 Å². The molecule has 128 valence electrons. The molecule has 0 bridgehead atoms. The minimum atomic E-state index is -1.25. The van der Waals surface area contributed by atoms with Crippen LogP contribution in [0.5, 0.6) is 0 Å². The molecule has 0 saturated heterocycles. The Bertz CT molecular complexity index is 869. The van der Waals surface area contributed by atoms with E-state index in [-0.39, 0.29) is 11.3 Å². The second kappa shape index (κ2) is 8.02. The number of carbonyl (C=O) groups is 4. The second-order valence-electron chi connectivity index (χ2n) is 4.92. The predicted octanol–water partition coefficient (Wildman–Crippen LogP) is 2.78. The van der Waals surface area contributed by atoms with E-state index in [9.17, 15) is 19.2 Å². The molecule has 1 heterocycles. The lowest BCUT2D eigenvalue weighted by Gasteiger charge is -2.07. The number of rotatable bonds is 6. The molecule has 3 N–H and O–H groups in total. The number of hydrogen-bond acceptors (Lipinski definition) is 5. The molecule has 0 aliphatic carbocycles. The zero-order chi connectivity index (χ0) is 18.4. The lowest BCUT2D eigenvalue weighted by molar-refractivity contribution is -0.131. The molecule has 1 aromatic carbocycles. The number of carbonyl (C=O) groups excluding carboxylic acids is 3. The summed E-state index contributed by atoms with van der Waals surface area (Å²) in [5, 5.41) is 15.5. The van der Waals surface area contributed by atoms with Gasteiger partial charge in [0.25, 0.3) is 5.91 Å². The van der Waals surface area contributed by atoms with Crippen LogP contribution in [-0.2, 0) is 9.59 Å². The molecule has 25 heavy (non-hydrogen) atoms. The highest BCUT2D eigenvalue weighted by molar-refractivity contribution is 7.14. The molecule has 0 radical (unpaired) electrons. The van der Waals surface area contributed by atoms with E-state index in [1.165, 1.54) is 13.0 Å².